The van der Waals surface area contributed by atoms with Gasteiger partial charge in [-0.25, -0.2) is 9.97 Å². The highest BCUT2D eigenvalue weighted by Gasteiger charge is 2.27. The molecule has 1 aromatic rings. The Kier molecular flexibility index (Phi) is 4.83. The van der Waals surface area contributed by atoms with Crippen LogP contribution in [0.4, 0.5) is 5.95 Å². The minimum Gasteiger partial charge on any atom is -0.338 e. The second kappa shape index (κ2) is 7.20. The van der Waals surface area contributed by atoms with E-state index >= 15 is 0 Å². The van der Waals surface area contributed by atoms with Crippen LogP contribution in [-0.4, -0.2) is 70.9 Å². The van der Waals surface area contributed by atoms with Crippen LogP contribution in [0.15, 0.2) is 18.5 Å². The Bertz CT molecular complexity index is 613. The van der Waals surface area contributed by atoms with Crippen LogP contribution in [0.2, 0.25) is 0 Å². The summed E-state index contributed by atoms with van der Waals surface area (Å²) in [4.78, 5) is 37.1. The normalized spacial score (nSPS) is 19.0. The van der Waals surface area contributed by atoms with Crippen LogP contribution >= 0.6 is 0 Å². The van der Waals surface area contributed by atoms with Gasteiger partial charge < -0.3 is 4.90 Å². The van der Waals surface area contributed by atoms with Gasteiger partial charge in [-0.15, -0.1) is 0 Å². The Labute approximate surface area is 135 Å². The lowest BCUT2D eigenvalue weighted by atomic mass is 10.3. The molecule has 0 N–H and O–H groups in total. The first-order valence-corrected chi connectivity index (χ1v) is 7.77. The van der Waals surface area contributed by atoms with Crippen LogP contribution in [-0.2, 0) is 9.59 Å². The zero-order valence-electron chi connectivity index (χ0n) is 12.9. The zero-order chi connectivity index (χ0) is 16.1. The molecule has 2 amide bonds. The fraction of sp³-hybridized carbons (Fsp3) is 0.500. The monoisotopic (exact) mass is 313 g/mol. The molecule has 0 atom stereocenters. The molecule has 0 spiro atoms. The summed E-state index contributed by atoms with van der Waals surface area (Å²) in [5, 5.41) is 0. The largest absolute Gasteiger partial charge is 0.338 e. The summed E-state index contributed by atoms with van der Waals surface area (Å²) >= 11 is 0. The molecule has 120 valence electrons. The van der Waals surface area contributed by atoms with Crippen molar-refractivity contribution in [1.82, 2.24) is 19.8 Å². The molecule has 2 aliphatic rings. The van der Waals surface area contributed by atoms with Crippen molar-refractivity contribution in [2.75, 3.05) is 44.2 Å². The maximum Gasteiger partial charge on any atom is 0.230 e. The van der Waals surface area contributed by atoms with E-state index in [1.165, 1.54) is 4.90 Å². The van der Waals surface area contributed by atoms with Gasteiger partial charge in [-0.3, -0.25) is 19.4 Å². The number of carbonyl (C=O) groups excluding carboxylic acids is 2. The van der Waals surface area contributed by atoms with Gasteiger partial charge in [0.25, 0.3) is 0 Å². The Morgan fingerprint density at radius 1 is 0.913 bits per heavy atom. The van der Waals surface area contributed by atoms with Crippen LogP contribution in [0.1, 0.15) is 12.8 Å². The van der Waals surface area contributed by atoms with Gasteiger partial charge >= 0.3 is 0 Å². The minimum atomic E-state index is -0.110. The summed E-state index contributed by atoms with van der Waals surface area (Å²) < 4.78 is 0. The van der Waals surface area contributed by atoms with E-state index in [9.17, 15) is 9.59 Å². The maximum absolute atomic E-state index is 11.5. The Hall–Kier alpha value is -2.46. The number of nitrogens with zero attached hydrogens (tertiary/aromatic N) is 5. The highest BCUT2D eigenvalue weighted by molar-refractivity contribution is 6.02. The molecule has 0 bridgehead atoms. The van der Waals surface area contributed by atoms with Gasteiger partial charge in [-0.1, -0.05) is 11.8 Å². The summed E-state index contributed by atoms with van der Waals surface area (Å²) in [5.41, 5.74) is 0. The molecular weight excluding hydrogens is 294 g/mol. The Balaban J connectivity index is 1.42. The van der Waals surface area contributed by atoms with E-state index in [2.05, 4.69) is 31.6 Å². The highest BCUT2D eigenvalue weighted by Crippen LogP contribution is 2.10. The van der Waals surface area contributed by atoms with E-state index in [1.807, 2.05) is 6.07 Å². The number of piperazine rings is 1. The standard InChI is InChI=1S/C16H19N5O2/c22-14-4-5-15(23)21(14)9-2-1-8-19-10-12-20(13-11-19)16-17-6-3-7-18-16/h3,6-7H,4-5,8-13H2. The van der Waals surface area contributed by atoms with E-state index in [0.29, 0.717) is 19.4 Å². The topological polar surface area (TPSA) is 69.6 Å². The van der Waals surface area contributed by atoms with Crippen molar-refractivity contribution < 1.29 is 9.59 Å². The van der Waals surface area contributed by atoms with E-state index in [1.54, 1.807) is 12.4 Å². The van der Waals surface area contributed by atoms with Gasteiger partial charge in [-0.05, 0) is 6.07 Å². The molecule has 0 saturated carbocycles. The van der Waals surface area contributed by atoms with Crippen molar-refractivity contribution in [3.05, 3.63) is 18.5 Å². The summed E-state index contributed by atoms with van der Waals surface area (Å²) in [6.07, 6.45) is 4.15. The molecular formula is C16H19N5O2. The molecule has 0 radical (unpaired) electrons. The molecule has 1 aromatic heterocycles. The molecule has 2 saturated heterocycles. The highest BCUT2D eigenvalue weighted by atomic mass is 16.2. The van der Waals surface area contributed by atoms with Crippen LogP contribution < -0.4 is 4.90 Å². The number of amides is 2. The predicted octanol–water partition coefficient (Wildman–Crippen LogP) is -0.249. The number of anilines is 1. The predicted molar refractivity (Wildman–Crippen MR) is 84.4 cm³/mol. The van der Waals surface area contributed by atoms with Crippen LogP contribution in [0.5, 0.6) is 0 Å². The number of carbonyl (C=O) groups is 2. The first kappa shape index (κ1) is 15.4. The second-order valence-corrected chi connectivity index (χ2v) is 5.54. The second-order valence-electron chi connectivity index (χ2n) is 5.54. The SMILES string of the molecule is O=C1CCC(=O)N1CC#CCN1CCN(c2ncccn2)CC1. The summed E-state index contributed by atoms with van der Waals surface area (Å²) in [6, 6.07) is 1.81. The third kappa shape index (κ3) is 3.85. The van der Waals surface area contributed by atoms with Crippen LogP contribution in [0.3, 0.4) is 0 Å². The smallest absolute Gasteiger partial charge is 0.230 e. The molecule has 2 aliphatic heterocycles. The minimum absolute atomic E-state index is 0.110. The number of hydrogen-bond acceptors (Lipinski definition) is 6. The van der Waals surface area contributed by atoms with Gasteiger partial charge in [0.15, 0.2) is 0 Å². The Morgan fingerprint density at radius 3 is 2.17 bits per heavy atom. The molecule has 3 rings (SSSR count). The average Bonchev–Trinajstić information content (AvgIpc) is 2.92. The van der Waals surface area contributed by atoms with E-state index in [4.69, 9.17) is 0 Å². The van der Waals surface area contributed by atoms with E-state index in [0.717, 1.165) is 32.1 Å². The zero-order valence-corrected chi connectivity index (χ0v) is 12.9. The summed E-state index contributed by atoms with van der Waals surface area (Å²) in [7, 11) is 0. The van der Waals surface area contributed by atoms with Gasteiger partial charge in [0.2, 0.25) is 17.8 Å². The molecule has 7 nitrogen and oxygen atoms in total. The van der Waals surface area contributed by atoms with Crippen molar-refractivity contribution in [3.63, 3.8) is 0 Å². The Morgan fingerprint density at radius 2 is 1.52 bits per heavy atom. The molecule has 0 unspecified atom stereocenters. The quantitative estimate of drug-likeness (QED) is 0.566. The first-order valence-electron chi connectivity index (χ1n) is 7.77. The lowest BCUT2D eigenvalue weighted by Gasteiger charge is -2.33. The third-order valence-corrected chi connectivity index (χ3v) is 4.03. The molecule has 0 aliphatic carbocycles. The number of rotatable bonds is 3. The van der Waals surface area contributed by atoms with Crippen LogP contribution in [0, 0.1) is 11.8 Å². The fourth-order valence-corrected chi connectivity index (χ4v) is 2.66. The van der Waals surface area contributed by atoms with Gasteiger partial charge in [0.1, 0.15) is 0 Å². The lowest BCUT2D eigenvalue weighted by Crippen LogP contribution is -2.47. The van der Waals surface area contributed by atoms with Gasteiger partial charge in [0.05, 0.1) is 13.1 Å². The summed E-state index contributed by atoms with van der Waals surface area (Å²) in [5.74, 6) is 6.54. The summed E-state index contributed by atoms with van der Waals surface area (Å²) in [6.45, 7) is 4.40. The number of likely N-dealkylation sites (tertiary alicyclic amines) is 1. The van der Waals surface area contributed by atoms with Crippen molar-refractivity contribution in [2.45, 2.75) is 12.8 Å². The molecule has 23 heavy (non-hydrogen) atoms. The molecule has 3 heterocycles. The molecule has 7 heteroatoms. The van der Waals surface area contributed by atoms with Crippen LogP contribution in [0.25, 0.3) is 0 Å². The van der Waals surface area contributed by atoms with Gasteiger partial charge in [-0.2, -0.15) is 0 Å². The molecule has 0 aromatic carbocycles. The van der Waals surface area contributed by atoms with Gasteiger partial charge in [0, 0.05) is 51.4 Å². The van der Waals surface area contributed by atoms with Crippen molar-refractivity contribution in [1.29, 1.82) is 0 Å². The number of imide groups is 1. The maximum atomic E-state index is 11.5. The lowest BCUT2D eigenvalue weighted by molar-refractivity contribution is -0.137. The average molecular weight is 313 g/mol. The van der Waals surface area contributed by atoms with Crippen molar-refractivity contribution in [3.8, 4) is 11.8 Å². The molecule has 2 fully saturated rings. The van der Waals surface area contributed by atoms with Crippen molar-refractivity contribution in [2.24, 2.45) is 0 Å². The third-order valence-electron chi connectivity index (χ3n) is 4.03. The number of aromatic nitrogens is 2. The number of hydrogen-bond donors (Lipinski definition) is 0. The van der Waals surface area contributed by atoms with E-state index in [-0.39, 0.29) is 18.4 Å². The van der Waals surface area contributed by atoms with E-state index < -0.39 is 0 Å². The first-order chi connectivity index (χ1) is 11.2. The van der Waals surface area contributed by atoms with Crippen molar-refractivity contribution >= 4 is 17.8 Å². The fourth-order valence-electron chi connectivity index (χ4n) is 2.66.